The number of nitrogens with one attached hydrogen (secondary N) is 1. The van der Waals surface area contributed by atoms with Crippen molar-refractivity contribution >= 4 is 23.3 Å². The summed E-state index contributed by atoms with van der Waals surface area (Å²) in [4.78, 5) is 20.4. The molecule has 104 valence electrons. The molecule has 0 radical (unpaired) electrons. The smallest absolute Gasteiger partial charge is 0.233 e. The first-order chi connectivity index (χ1) is 9.70. The minimum absolute atomic E-state index is 0.0883. The van der Waals surface area contributed by atoms with E-state index in [4.69, 9.17) is 11.6 Å². The Morgan fingerprint density at radius 1 is 1.40 bits per heavy atom. The van der Waals surface area contributed by atoms with Gasteiger partial charge in [-0.1, -0.05) is 37.1 Å². The molecule has 4 nitrogen and oxygen atoms in total. The van der Waals surface area contributed by atoms with Crippen molar-refractivity contribution in [1.29, 1.82) is 0 Å². The first-order valence-corrected chi connectivity index (χ1v) is 6.91. The van der Waals surface area contributed by atoms with Crippen LogP contribution in [0.5, 0.6) is 0 Å². The van der Waals surface area contributed by atoms with Gasteiger partial charge in [-0.3, -0.25) is 9.78 Å². The number of nitrogens with zero attached hydrogens (tertiary/aromatic N) is 2. The number of anilines is 1. The molecule has 0 aliphatic carbocycles. The van der Waals surface area contributed by atoms with Crippen LogP contribution in [0.25, 0.3) is 0 Å². The minimum Gasteiger partial charge on any atom is -0.309 e. The summed E-state index contributed by atoms with van der Waals surface area (Å²) in [5, 5.41) is 3.42. The maximum absolute atomic E-state index is 12.4. The van der Waals surface area contributed by atoms with Crippen molar-refractivity contribution in [2.45, 2.75) is 25.7 Å². The van der Waals surface area contributed by atoms with E-state index in [2.05, 4.69) is 15.3 Å². The number of benzene rings is 1. The highest BCUT2D eigenvalue weighted by Gasteiger charge is 2.20. The topological polar surface area (TPSA) is 54.9 Å². The highest BCUT2D eigenvalue weighted by Crippen LogP contribution is 2.25. The Morgan fingerprint density at radius 2 is 2.25 bits per heavy atom. The van der Waals surface area contributed by atoms with E-state index in [0.29, 0.717) is 10.8 Å². The number of halogens is 1. The third-order valence-corrected chi connectivity index (χ3v) is 3.19. The van der Waals surface area contributed by atoms with Crippen molar-refractivity contribution in [3.63, 3.8) is 0 Å². The number of aromatic nitrogens is 2. The van der Waals surface area contributed by atoms with Gasteiger partial charge in [0.1, 0.15) is 0 Å². The first-order valence-electron chi connectivity index (χ1n) is 6.53. The quantitative estimate of drug-likeness (QED) is 0.914. The molecule has 1 aromatic heterocycles. The van der Waals surface area contributed by atoms with E-state index < -0.39 is 0 Å². The first kappa shape index (κ1) is 14.5. The molecule has 5 heteroatoms. The molecule has 2 rings (SSSR count). The molecule has 1 atom stereocenters. The predicted octanol–water partition coefficient (Wildman–Crippen LogP) is 3.65. The van der Waals surface area contributed by atoms with Crippen molar-refractivity contribution < 1.29 is 4.79 Å². The molecule has 1 aromatic carbocycles. The second-order valence-electron chi connectivity index (χ2n) is 4.48. The van der Waals surface area contributed by atoms with Gasteiger partial charge < -0.3 is 5.32 Å². The maximum atomic E-state index is 12.4. The lowest BCUT2D eigenvalue weighted by Gasteiger charge is -2.16. The Hall–Kier alpha value is -1.94. The van der Waals surface area contributed by atoms with Crippen LogP contribution in [0.1, 0.15) is 31.2 Å². The van der Waals surface area contributed by atoms with Crippen LogP contribution < -0.4 is 5.32 Å². The number of carbonyl (C=O) groups excluding carboxylic acids is 1. The minimum atomic E-state index is -0.235. The average molecular weight is 290 g/mol. The van der Waals surface area contributed by atoms with E-state index in [0.717, 1.165) is 18.4 Å². The number of hydrogen-bond acceptors (Lipinski definition) is 3. The molecule has 1 amide bonds. The van der Waals surface area contributed by atoms with E-state index in [1.165, 1.54) is 6.20 Å². The summed E-state index contributed by atoms with van der Waals surface area (Å²) in [5.41, 5.74) is 0.917. The van der Waals surface area contributed by atoms with Gasteiger partial charge in [-0.05, 0) is 24.1 Å². The molecule has 0 bridgehead atoms. The molecular weight excluding hydrogens is 274 g/mol. The molecule has 0 aliphatic rings. The zero-order valence-corrected chi connectivity index (χ0v) is 12.0. The summed E-state index contributed by atoms with van der Waals surface area (Å²) in [7, 11) is 0. The Balaban J connectivity index is 2.18. The van der Waals surface area contributed by atoms with Gasteiger partial charge >= 0.3 is 0 Å². The van der Waals surface area contributed by atoms with Gasteiger partial charge in [0, 0.05) is 17.4 Å². The van der Waals surface area contributed by atoms with Gasteiger partial charge in [0.15, 0.2) is 5.82 Å². The second kappa shape index (κ2) is 7.01. The van der Waals surface area contributed by atoms with E-state index in [1.807, 2.05) is 25.1 Å². The monoisotopic (exact) mass is 289 g/mol. The second-order valence-corrected chi connectivity index (χ2v) is 4.91. The number of rotatable bonds is 5. The van der Waals surface area contributed by atoms with Crippen LogP contribution in [0.3, 0.4) is 0 Å². The van der Waals surface area contributed by atoms with E-state index >= 15 is 0 Å². The molecule has 1 heterocycles. The van der Waals surface area contributed by atoms with Crippen LogP contribution in [-0.4, -0.2) is 15.9 Å². The molecule has 0 spiro atoms. The lowest BCUT2D eigenvalue weighted by molar-refractivity contribution is -0.117. The van der Waals surface area contributed by atoms with Gasteiger partial charge in [-0.25, -0.2) is 4.98 Å². The molecule has 0 saturated heterocycles. The molecule has 1 unspecified atom stereocenters. The average Bonchev–Trinajstić information content (AvgIpc) is 2.45. The highest BCUT2D eigenvalue weighted by molar-refractivity contribution is 6.30. The number of carbonyl (C=O) groups is 1. The summed E-state index contributed by atoms with van der Waals surface area (Å²) in [5.74, 6) is 0.135. The normalized spacial score (nSPS) is 11.9. The Morgan fingerprint density at radius 3 is 2.90 bits per heavy atom. The van der Waals surface area contributed by atoms with E-state index in [9.17, 15) is 4.79 Å². The highest BCUT2D eigenvalue weighted by atomic mass is 35.5. The fraction of sp³-hybridized carbons (Fsp3) is 0.267. The summed E-state index contributed by atoms with van der Waals surface area (Å²) >= 11 is 6.00. The lowest BCUT2D eigenvalue weighted by Crippen LogP contribution is -2.21. The Kier molecular flexibility index (Phi) is 5.07. The zero-order chi connectivity index (χ0) is 14.4. The number of hydrogen-bond donors (Lipinski definition) is 1. The molecule has 0 aliphatic heterocycles. The number of amides is 1. The third-order valence-electron chi connectivity index (χ3n) is 2.96. The van der Waals surface area contributed by atoms with Crippen LogP contribution in [-0.2, 0) is 4.79 Å². The molecule has 1 N–H and O–H groups in total. The molecule has 0 saturated carbocycles. The Bertz CT molecular complexity index is 574. The summed E-state index contributed by atoms with van der Waals surface area (Å²) in [6.07, 6.45) is 6.30. The zero-order valence-electron chi connectivity index (χ0n) is 11.2. The molecular formula is C15H16ClN3O. The van der Waals surface area contributed by atoms with Crippen molar-refractivity contribution in [2.75, 3.05) is 5.32 Å². The van der Waals surface area contributed by atoms with Crippen LogP contribution in [0.2, 0.25) is 5.02 Å². The van der Waals surface area contributed by atoms with Crippen molar-refractivity contribution in [2.24, 2.45) is 0 Å². The van der Waals surface area contributed by atoms with Gasteiger partial charge in [0.2, 0.25) is 5.91 Å². The van der Waals surface area contributed by atoms with Crippen LogP contribution >= 0.6 is 11.6 Å². The third kappa shape index (κ3) is 3.78. The standard InChI is InChI=1S/C15H16ClN3O/c1-2-4-13(11-5-3-6-12(16)9-11)15(20)19-14-10-17-7-8-18-14/h3,5-10,13H,2,4H2,1H3,(H,18,19,20). The van der Waals surface area contributed by atoms with Gasteiger partial charge in [-0.15, -0.1) is 0 Å². The fourth-order valence-corrected chi connectivity index (χ4v) is 2.24. The molecule has 2 aromatic rings. The lowest BCUT2D eigenvalue weighted by atomic mass is 9.93. The summed E-state index contributed by atoms with van der Waals surface area (Å²) in [6.45, 7) is 2.05. The van der Waals surface area contributed by atoms with Crippen LogP contribution in [0.4, 0.5) is 5.82 Å². The fourth-order valence-electron chi connectivity index (χ4n) is 2.04. The summed E-state index contributed by atoms with van der Waals surface area (Å²) < 4.78 is 0. The van der Waals surface area contributed by atoms with Crippen LogP contribution in [0.15, 0.2) is 42.9 Å². The van der Waals surface area contributed by atoms with E-state index in [1.54, 1.807) is 18.5 Å². The van der Waals surface area contributed by atoms with Gasteiger partial charge in [-0.2, -0.15) is 0 Å². The molecule has 0 fully saturated rings. The maximum Gasteiger partial charge on any atom is 0.233 e. The van der Waals surface area contributed by atoms with Crippen molar-refractivity contribution in [3.8, 4) is 0 Å². The SMILES string of the molecule is CCCC(C(=O)Nc1cnccn1)c1cccc(Cl)c1. The molecule has 20 heavy (non-hydrogen) atoms. The van der Waals surface area contributed by atoms with E-state index in [-0.39, 0.29) is 11.8 Å². The Labute approximate surface area is 123 Å². The predicted molar refractivity (Wildman–Crippen MR) is 79.8 cm³/mol. The van der Waals surface area contributed by atoms with Crippen molar-refractivity contribution in [1.82, 2.24) is 9.97 Å². The summed E-state index contributed by atoms with van der Waals surface area (Å²) in [6, 6.07) is 7.41. The van der Waals surface area contributed by atoms with Crippen molar-refractivity contribution in [3.05, 3.63) is 53.4 Å². The van der Waals surface area contributed by atoms with Gasteiger partial charge in [0.25, 0.3) is 0 Å². The van der Waals surface area contributed by atoms with Gasteiger partial charge in [0.05, 0.1) is 12.1 Å². The van der Waals surface area contributed by atoms with Crippen LogP contribution in [0, 0.1) is 0 Å². The largest absolute Gasteiger partial charge is 0.309 e.